The van der Waals surface area contributed by atoms with Crippen LogP contribution in [-0.4, -0.2) is 4.98 Å². The lowest BCUT2D eigenvalue weighted by atomic mass is 10.0. The van der Waals surface area contributed by atoms with Gasteiger partial charge < -0.3 is 5.73 Å². The molecule has 0 fully saturated rings. The first kappa shape index (κ1) is 11.7. The number of halogens is 2. The van der Waals surface area contributed by atoms with Crippen LogP contribution in [0.1, 0.15) is 17.2 Å². The first-order chi connectivity index (χ1) is 8.15. The number of rotatable bonds is 3. The molecule has 88 valence electrons. The molecule has 2 aromatic rings. The predicted octanol–water partition coefficient (Wildman–Crippen LogP) is 2.60. The highest BCUT2D eigenvalue weighted by Gasteiger charge is 2.08. The Morgan fingerprint density at radius 2 is 1.76 bits per heavy atom. The first-order valence-electron chi connectivity index (χ1n) is 5.25. The van der Waals surface area contributed by atoms with Gasteiger partial charge in [0.25, 0.3) is 0 Å². The van der Waals surface area contributed by atoms with Gasteiger partial charge in [0.1, 0.15) is 11.6 Å². The third kappa shape index (κ3) is 3.07. The molecule has 0 aliphatic rings. The van der Waals surface area contributed by atoms with Crippen molar-refractivity contribution in [1.29, 1.82) is 0 Å². The summed E-state index contributed by atoms with van der Waals surface area (Å²) < 4.78 is 25.7. The summed E-state index contributed by atoms with van der Waals surface area (Å²) in [4.78, 5) is 3.75. The molecule has 2 N–H and O–H groups in total. The Morgan fingerprint density at radius 1 is 1.06 bits per heavy atom. The lowest BCUT2D eigenvalue weighted by Gasteiger charge is -2.11. The fraction of sp³-hybridized carbons (Fsp3) is 0.154. The van der Waals surface area contributed by atoms with Crippen LogP contribution in [-0.2, 0) is 6.42 Å². The van der Waals surface area contributed by atoms with Crippen LogP contribution in [0, 0.1) is 11.6 Å². The van der Waals surface area contributed by atoms with Gasteiger partial charge in [-0.1, -0.05) is 12.1 Å². The molecule has 0 bridgehead atoms. The predicted molar refractivity (Wildman–Crippen MR) is 61.2 cm³/mol. The van der Waals surface area contributed by atoms with Gasteiger partial charge in [-0.15, -0.1) is 0 Å². The topological polar surface area (TPSA) is 38.9 Å². The normalized spacial score (nSPS) is 12.4. The average Bonchev–Trinajstić information content (AvgIpc) is 2.32. The van der Waals surface area contributed by atoms with Crippen LogP contribution < -0.4 is 5.73 Å². The van der Waals surface area contributed by atoms with Gasteiger partial charge in [-0.3, -0.25) is 4.98 Å². The highest BCUT2D eigenvalue weighted by atomic mass is 19.1. The summed E-state index contributed by atoms with van der Waals surface area (Å²) in [6.45, 7) is 0. The Kier molecular flexibility index (Phi) is 3.44. The number of nitrogens with two attached hydrogens (primary N) is 1. The van der Waals surface area contributed by atoms with Crippen LogP contribution >= 0.6 is 0 Å². The molecule has 1 unspecified atom stereocenters. The van der Waals surface area contributed by atoms with E-state index in [0.717, 1.165) is 11.8 Å². The third-order valence-electron chi connectivity index (χ3n) is 2.52. The van der Waals surface area contributed by atoms with E-state index in [9.17, 15) is 8.78 Å². The fourth-order valence-corrected chi connectivity index (χ4v) is 1.62. The van der Waals surface area contributed by atoms with Crippen LogP contribution in [0.4, 0.5) is 8.78 Å². The van der Waals surface area contributed by atoms with E-state index in [1.807, 2.05) is 0 Å². The van der Waals surface area contributed by atoms with Gasteiger partial charge in [-0.05, 0) is 35.7 Å². The molecule has 0 radical (unpaired) electrons. The van der Waals surface area contributed by atoms with Crippen molar-refractivity contribution in [2.45, 2.75) is 12.5 Å². The molecule has 1 aromatic carbocycles. The van der Waals surface area contributed by atoms with Crippen molar-refractivity contribution in [3.63, 3.8) is 0 Å². The monoisotopic (exact) mass is 234 g/mol. The van der Waals surface area contributed by atoms with Gasteiger partial charge in [0.05, 0.1) is 6.20 Å². The second kappa shape index (κ2) is 5.01. The van der Waals surface area contributed by atoms with Crippen LogP contribution in [0.3, 0.4) is 0 Å². The van der Waals surface area contributed by atoms with Crippen molar-refractivity contribution in [2.75, 3.05) is 0 Å². The zero-order valence-electron chi connectivity index (χ0n) is 9.11. The average molecular weight is 234 g/mol. The minimum Gasteiger partial charge on any atom is -0.324 e. The van der Waals surface area contributed by atoms with Crippen molar-refractivity contribution in [3.8, 4) is 0 Å². The molecule has 0 spiro atoms. The Hall–Kier alpha value is -1.81. The first-order valence-corrected chi connectivity index (χ1v) is 5.25. The van der Waals surface area contributed by atoms with E-state index in [-0.39, 0.29) is 11.9 Å². The maximum absolute atomic E-state index is 13.0. The Balaban J connectivity index is 2.11. The van der Waals surface area contributed by atoms with Crippen LogP contribution in [0.25, 0.3) is 0 Å². The lowest BCUT2D eigenvalue weighted by molar-refractivity contribution is 0.610. The summed E-state index contributed by atoms with van der Waals surface area (Å²) in [7, 11) is 0. The van der Waals surface area contributed by atoms with Gasteiger partial charge >= 0.3 is 0 Å². The smallest absolute Gasteiger partial charge is 0.141 e. The molecule has 0 aliphatic carbocycles. The van der Waals surface area contributed by atoms with Crippen molar-refractivity contribution in [1.82, 2.24) is 4.98 Å². The van der Waals surface area contributed by atoms with Gasteiger partial charge in [0.2, 0.25) is 0 Å². The number of hydrogen-bond donors (Lipinski definition) is 1. The number of benzene rings is 1. The number of nitrogens with zero attached hydrogens (tertiary/aromatic N) is 1. The second-order valence-corrected chi connectivity index (χ2v) is 3.87. The molecule has 1 atom stereocenters. The highest BCUT2D eigenvalue weighted by Crippen LogP contribution is 2.16. The maximum atomic E-state index is 13.0. The molecule has 0 amide bonds. The van der Waals surface area contributed by atoms with E-state index < -0.39 is 5.82 Å². The zero-order valence-corrected chi connectivity index (χ0v) is 9.11. The van der Waals surface area contributed by atoms with Crippen LogP contribution in [0.2, 0.25) is 0 Å². The lowest BCUT2D eigenvalue weighted by Crippen LogP contribution is -2.13. The fourth-order valence-electron chi connectivity index (χ4n) is 1.62. The van der Waals surface area contributed by atoms with Crippen molar-refractivity contribution in [3.05, 3.63) is 65.5 Å². The van der Waals surface area contributed by atoms with Gasteiger partial charge in [0.15, 0.2) is 0 Å². The van der Waals surface area contributed by atoms with Crippen LogP contribution in [0.5, 0.6) is 0 Å². The summed E-state index contributed by atoms with van der Waals surface area (Å²) in [5.74, 6) is -0.688. The molecular formula is C13H12F2N2. The minimum atomic E-state index is -0.406. The molecular weight excluding hydrogens is 222 g/mol. The van der Waals surface area contributed by atoms with E-state index >= 15 is 0 Å². The molecule has 4 heteroatoms. The Bertz CT molecular complexity index is 497. The highest BCUT2D eigenvalue weighted by molar-refractivity contribution is 5.21. The Labute approximate surface area is 98.1 Å². The van der Waals surface area contributed by atoms with Crippen molar-refractivity contribution in [2.24, 2.45) is 5.73 Å². The summed E-state index contributed by atoms with van der Waals surface area (Å²) in [5.41, 5.74) is 7.47. The summed E-state index contributed by atoms with van der Waals surface area (Å²) in [6.07, 6.45) is 3.19. The quantitative estimate of drug-likeness (QED) is 0.886. The van der Waals surface area contributed by atoms with E-state index in [2.05, 4.69) is 4.98 Å². The maximum Gasteiger partial charge on any atom is 0.141 e. The number of pyridine rings is 1. The molecule has 0 aliphatic heterocycles. The van der Waals surface area contributed by atoms with Crippen molar-refractivity contribution < 1.29 is 8.78 Å². The SMILES string of the molecule is NC(Cc1ccc(F)cc1)c1cncc(F)c1. The number of aromatic nitrogens is 1. The van der Waals surface area contributed by atoms with E-state index in [0.29, 0.717) is 12.0 Å². The largest absolute Gasteiger partial charge is 0.324 e. The molecule has 0 saturated carbocycles. The van der Waals surface area contributed by atoms with Crippen molar-refractivity contribution >= 4 is 0 Å². The molecule has 2 nitrogen and oxygen atoms in total. The van der Waals surface area contributed by atoms with E-state index in [1.54, 1.807) is 12.1 Å². The number of hydrogen-bond acceptors (Lipinski definition) is 2. The molecule has 0 saturated heterocycles. The Morgan fingerprint density at radius 3 is 2.41 bits per heavy atom. The summed E-state index contributed by atoms with van der Waals surface area (Å²) >= 11 is 0. The minimum absolute atomic E-state index is 0.283. The molecule has 2 rings (SSSR count). The van der Waals surface area contributed by atoms with Gasteiger partial charge in [0, 0.05) is 12.2 Å². The third-order valence-corrected chi connectivity index (χ3v) is 2.52. The van der Waals surface area contributed by atoms with Crippen LogP contribution in [0.15, 0.2) is 42.7 Å². The molecule has 1 heterocycles. The summed E-state index contributed by atoms with van der Waals surface area (Å²) in [5, 5.41) is 0. The second-order valence-electron chi connectivity index (χ2n) is 3.87. The van der Waals surface area contributed by atoms with E-state index in [4.69, 9.17) is 5.73 Å². The van der Waals surface area contributed by atoms with Gasteiger partial charge in [-0.25, -0.2) is 8.78 Å². The molecule has 1 aromatic heterocycles. The van der Waals surface area contributed by atoms with E-state index in [1.165, 1.54) is 24.4 Å². The molecule has 17 heavy (non-hydrogen) atoms. The van der Waals surface area contributed by atoms with Gasteiger partial charge in [-0.2, -0.15) is 0 Å². The zero-order chi connectivity index (χ0) is 12.3. The summed E-state index contributed by atoms with van der Waals surface area (Å²) in [6, 6.07) is 7.12. The standard InChI is InChI=1S/C13H12F2N2/c14-11-3-1-9(2-4-11)5-13(16)10-6-12(15)8-17-7-10/h1-4,6-8,13H,5,16H2.